The van der Waals surface area contributed by atoms with Gasteiger partial charge in [0.15, 0.2) is 5.66 Å². The molecule has 2 rings (SSSR count). The van der Waals surface area contributed by atoms with E-state index in [2.05, 4.69) is 4.98 Å². The van der Waals surface area contributed by atoms with Crippen molar-refractivity contribution in [1.82, 2.24) is 4.98 Å². The first-order valence-electron chi connectivity index (χ1n) is 6.68. The molecule has 1 fully saturated rings. The number of carbonyl (C=O) groups excluding carboxylic acids is 1. The highest BCUT2D eigenvalue weighted by molar-refractivity contribution is 6.61. The van der Waals surface area contributed by atoms with Crippen molar-refractivity contribution in [1.29, 1.82) is 0 Å². The minimum Gasteiger partial charge on any atom is -0.459 e. The zero-order valence-electron chi connectivity index (χ0n) is 12.8. The summed E-state index contributed by atoms with van der Waals surface area (Å²) in [5, 5.41) is 0. The molecule has 1 aliphatic heterocycles. The highest BCUT2D eigenvalue weighted by atomic mass is 16.7. The average molecular weight is 281 g/mol. The molecular formula is C13H20BNO5. The van der Waals surface area contributed by atoms with Crippen LogP contribution in [0, 0.1) is 6.92 Å². The molecule has 0 radical (unpaired) electrons. The van der Waals surface area contributed by atoms with Gasteiger partial charge < -0.3 is 18.5 Å². The van der Waals surface area contributed by atoms with Gasteiger partial charge in [0.1, 0.15) is 0 Å². The Kier molecular flexibility index (Phi) is 3.68. The molecule has 0 spiro atoms. The van der Waals surface area contributed by atoms with E-state index >= 15 is 0 Å². The lowest BCUT2D eigenvalue weighted by Crippen LogP contribution is -2.41. The van der Waals surface area contributed by atoms with E-state index in [0.29, 0.717) is 11.4 Å². The standard InChI is InChI=1S/C13H20BNO5/c1-7-17-11(16)10-15-8(2)9(18-10)14-19-12(3,4)13(5,6)20-14/h7H2,1-6H3. The molecule has 0 atom stereocenters. The summed E-state index contributed by atoms with van der Waals surface area (Å²) in [6.07, 6.45) is 0. The second kappa shape index (κ2) is 4.89. The molecule has 110 valence electrons. The lowest BCUT2D eigenvalue weighted by molar-refractivity contribution is 0.00578. The number of aromatic nitrogens is 1. The molecule has 0 aromatic carbocycles. The number of ether oxygens (including phenoxy) is 1. The molecule has 2 heterocycles. The Morgan fingerprint density at radius 2 is 1.80 bits per heavy atom. The van der Waals surface area contributed by atoms with Crippen LogP contribution in [-0.2, 0) is 14.0 Å². The smallest absolute Gasteiger partial charge is 0.459 e. The number of carbonyl (C=O) groups is 1. The van der Waals surface area contributed by atoms with Crippen LogP contribution in [0.2, 0.25) is 0 Å². The van der Waals surface area contributed by atoms with Crippen LogP contribution < -0.4 is 5.66 Å². The Morgan fingerprint density at radius 1 is 1.25 bits per heavy atom. The zero-order valence-corrected chi connectivity index (χ0v) is 12.8. The van der Waals surface area contributed by atoms with Crippen LogP contribution in [-0.4, -0.2) is 35.9 Å². The van der Waals surface area contributed by atoms with E-state index in [4.69, 9.17) is 18.5 Å². The Morgan fingerprint density at radius 3 is 2.30 bits per heavy atom. The number of hydrogen-bond acceptors (Lipinski definition) is 6. The number of oxazole rings is 1. The second-order valence-electron chi connectivity index (χ2n) is 5.78. The molecule has 0 unspecified atom stereocenters. The normalized spacial score (nSPS) is 20.2. The van der Waals surface area contributed by atoms with Gasteiger partial charge in [0.2, 0.25) is 0 Å². The van der Waals surface area contributed by atoms with Crippen molar-refractivity contribution >= 4 is 18.7 Å². The molecule has 1 aliphatic rings. The van der Waals surface area contributed by atoms with Gasteiger partial charge in [0, 0.05) is 0 Å². The summed E-state index contributed by atoms with van der Waals surface area (Å²) in [5.74, 6) is -0.660. The second-order valence-corrected chi connectivity index (χ2v) is 5.78. The molecular weight excluding hydrogens is 261 g/mol. The summed E-state index contributed by atoms with van der Waals surface area (Å²) in [7, 11) is -0.671. The fraction of sp³-hybridized carbons (Fsp3) is 0.692. The number of nitrogens with zero attached hydrogens (tertiary/aromatic N) is 1. The van der Waals surface area contributed by atoms with Crippen LogP contribution in [0.15, 0.2) is 4.42 Å². The molecule has 1 aromatic heterocycles. The molecule has 0 N–H and O–H groups in total. The van der Waals surface area contributed by atoms with Crippen LogP contribution in [0.5, 0.6) is 0 Å². The average Bonchev–Trinajstić information content (AvgIpc) is 2.78. The summed E-state index contributed by atoms with van der Waals surface area (Å²) >= 11 is 0. The van der Waals surface area contributed by atoms with E-state index in [0.717, 1.165) is 0 Å². The maximum absolute atomic E-state index is 11.6. The molecule has 0 bridgehead atoms. The maximum atomic E-state index is 11.6. The Balaban J connectivity index is 2.25. The topological polar surface area (TPSA) is 70.8 Å². The SMILES string of the molecule is CCOC(=O)c1nc(C)c(B2OC(C)(C)C(C)(C)O2)o1. The Bertz CT molecular complexity index is 507. The fourth-order valence-electron chi connectivity index (χ4n) is 1.86. The maximum Gasteiger partial charge on any atom is 0.534 e. The van der Waals surface area contributed by atoms with Crippen molar-refractivity contribution in [3.63, 3.8) is 0 Å². The van der Waals surface area contributed by atoms with Crippen molar-refractivity contribution in [3.8, 4) is 0 Å². The highest BCUT2D eigenvalue weighted by Gasteiger charge is 2.54. The molecule has 0 aliphatic carbocycles. The first kappa shape index (κ1) is 15.1. The van der Waals surface area contributed by atoms with Gasteiger partial charge in [-0.1, -0.05) is 0 Å². The summed E-state index contributed by atoms with van der Waals surface area (Å²) < 4.78 is 22.1. The van der Waals surface area contributed by atoms with Crippen LogP contribution in [0.25, 0.3) is 0 Å². The Labute approximate surface area is 118 Å². The van der Waals surface area contributed by atoms with Gasteiger partial charge in [-0.15, -0.1) is 0 Å². The van der Waals surface area contributed by atoms with E-state index in [1.54, 1.807) is 13.8 Å². The molecule has 6 nitrogen and oxygen atoms in total. The van der Waals surface area contributed by atoms with Gasteiger partial charge in [-0.3, -0.25) is 0 Å². The molecule has 7 heteroatoms. The minimum absolute atomic E-state index is 0.0749. The largest absolute Gasteiger partial charge is 0.534 e. The van der Waals surface area contributed by atoms with Gasteiger partial charge in [-0.05, 0) is 41.5 Å². The van der Waals surface area contributed by atoms with Gasteiger partial charge >= 0.3 is 19.0 Å². The first-order valence-corrected chi connectivity index (χ1v) is 6.68. The molecule has 1 aromatic rings. The lowest BCUT2D eigenvalue weighted by atomic mass is 9.85. The number of rotatable bonds is 3. The van der Waals surface area contributed by atoms with Gasteiger partial charge in [0.05, 0.1) is 23.5 Å². The monoisotopic (exact) mass is 281 g/mol. The van der Waals surface area contributed by atoms with E-state index in [1.165, 1.54) is 0 Å². The molecule has 20 heavy (non-hydrogen) atoms. The van der Waals surface area contributed by atoms with Gasteiger partial charge in [-0.25, -0.2) is 9.78 Å². The van der Waals surface area contributed by atoms with E-state index < -0.39 is 24.3 Å². The number of hydrogen-bond donors (Lipinski definition) is 0. The zero-order chi connectivity index (χ0) is 15.1. The van der Waals surface area contributed by atoms with Crippen molar-refractivity contribution in [2.45, 2.75) is 52.7 Å². The predicted octanol–water partition coefficient (Wildman–Crippen LogP) is 1.46. The van der Waals surface area contributed by atoms with Crippen LogP contribution in [0.3, 0.4) is 0 Å². The third kappa shape index (κ3) is 2.47. The van der Waals surface area contributed by atoms with Crippen molar-refractivity contribution in [3.05, 3.63) is 11.6 Å². The van der Waals surface area contributed by atoms with Gasteiger partial charge in [-0.2, -0.15) is 0 Å². The fourth-order valence-corrected chi connectivity index (χ4v) is 1.86. The minimum atomic E-state index is -0.671. The van der Waals surface area contributed by atoms with Crippen LogP contribution >= 0.6 is 0 Å². The third-order valence-electron chi connectivity index (χ3n) is 3.75. The summed E-state index contributed by atoms with van der Waals surface area (Å²) in [5.41, 5.74) is 0.0281. The van der Waals surface area contributed by atoms with Crippen molar-refractivity contribution in [2.24, 2.45) is 0 Å². The Hall–Kier alpha value is -1.34. The molecule has 1 saturated heterocycles. The molecule has 0 amide bonds. The number of esters is 1. The van der Waals surface area contributed by atoms with E-state index in [-0.39, 0.29) is 12.5 Å². The predicted molar refractivity (Wildman–Crippen MR) is 72.9 cm³/mol. The third-order valence-corrected chi connectivity index (χ3v) is 3.75. The highest BCUT2D eigenvalue weighted by Crippen LogP contribution is 2.36. The lowest BCUT2D eigenvalue weighted by Gasteiger charge is -2.32. The van der Waals surface area contributed by atoms with Crippen molar-refractivity contribution < 1.29 is 23.3 Å². The summed E-state index contributed by atoms with van der Waals surface area (Å²) in [4.78, 5) is 15.7. The number of aryl methyl sites for hydroxylation is 1. The summed E-state index contributed by atoms with van der Waals surface area (Å²) in [6.45, 7) is 11.5. The quantitative estimate of drug-likeness (QED) is 0.617. The van der Waals surface area contributed by atoms with Crippen molar-refractivity contribution in [2.75, 3.05) is 6.61 Å². The van der Waals surface area contributed by atoms with E-state index in [1.807, 2.05) is 27.7 Å². The van der Waals surface area contributed by atoms with E-state index in [9.17, 15) is 4.79 Å². The summed E-state index contributed by atoms with van der Waals surface area (Å²) in [6, 6.07) is 0. The van der Waals surface area contributed by atoms with Gasteiger partial charge in [0.25, 0.3) is 0 Å². The first-order chi connectivity index (χ1) is 9.18. The van der Waals surface area contributed by atoms with Crippen LogP contribution in [0.4, 0.5) is 0 Å². The van der Waals surface area contributed by atoms with Crippen LogP contribution in [0.1, 0.15) is 51.0 Å². The molecule has 0 saturated carbocycles.